The molecule has 0 aromatic carbocycles. The summed E-state index contributed by atoms with van der Waals surface area (Å²) in [6, 6.07) is -0.0930. The maximum Gasteiger partial charge on any atom is 0.247 e. The minimum absolute atomic E-state index is 0.0324. The summed E-state index contributed by atoms with van der Waals surface area (Å²) < 4.78 is 0. The molecule has 4 nitrogen and oxygen atoms in total. The highest BCUT2D eigenvalue weighted by Crippen LogP contribution is 2.36. The Morgan fingerprint density at radius 3 is 2.32 bits per heavy atom. The molecule has 3 aliphatic rings. The van der Waals surface area contributed by atoms with Crippen LogP contribution in [0.15, 0.2) is 0 Å². The molecule has 0 aromatic heterocycles. The van der Waals surface area contributed by atoms with Crippen molar-refractivity contribution >= 4 is 11.8 Å². The van der Waals surface area contributed by atoms with Crippen molar-refractivity contribution in [1.82, 2.24) is 10.2 Å². The third-order valence-electron chi connectivity index (χ3n) is 4.90. The minimum atomic E-state index is -0.261. The second-order valence-electron chi connectivity index (χ2n) is 6.71. The Labute approximate surface area is 114 Å². The molecule has 1 N–H and O–H groups in total. The number of rotatable bonds is 3. The first kappa shape index (κ1) is 13.1. The summed E-state index contributed by atoms with van der Waals surface area (Å²) in [6.45, 7) is 2.14. The monoisotopic (exact) mass is 264 g/mol. The average molecular weight is 264 g/mol. The van der Waals surface area contributed by atoms with Crippen molar-refractivity contribution in [2.75, 3.05) is 0 Å². The summed E-state index contributed by atoms with van der Waals surface area (Å²) in [6.07, 6.45) is 9.39. The fourth-order valence-corrected chi connectivity index (χ4v) is 3.42. The van der Waals surface area contributed by atoms with Gasteiger partial charge in [0.15, 0.2) is 0 Å². The first-order valence-electron chi connectivity index (χ1n) is 7.73. The maximum absolute atomic E-state index is 12.5. The number of carbonyl (C=O) groups is 2. The van der Waals surface area contributed by atoms with Crippen LogP contribution in [0.25, 0.3) is 0 Å². The van der Waals surface area contributed by atoms with E-state index in [0.29, 0.717) is 6.42 Å². The number of carbonyl (C=O) groups excluding carboxylic acids is 2. The zero-order chi connectivity index (χ0) is 13.5. The molecule has 1 unspecified atom stereocenters. The zero-order valence-corrected chi connectivity index (χ0v) is 11.8. The van der Waals surface area contributed by atoms with Gasteiger partial charge < -0.3 is 5.32 Å². The Balaban J connectivity index is 1.67. The molecule has 3 rings (SSSR count). The summed E-state index contributed by atoms with van der Waals surface area (Å²) in [5.41, 5.74) is 0.111. The van der Waals surface area contributed by atoms with Crippen LogP contribution in [0.2, 0.25) is 0 Å². The van der Waals surface area contributed by atoms with E-state index in [1.54, 1.807) is 4.90 Å². The van der Waals surface area contributed by atoms with Crippen LogP contribution in [0.1, 0.15) is 64.7 Å². The summed E-state index contributed by atoms with van der Waals surface area (Å²) in [4.78, 5) is 26.2. The van der Waals surface area contributed by atoms with Crippen molar-refractivity contribution < 1.29 is 9.59 Å². The smallest absolute Gasteiger partial charge is 0.247 e. The van der Waals surface area contributed by atoms with Crippen LogP contribution in [0, 0.1) is 0 Å². The Morgan fingerprint density at radius 1 is 1.11 bits per heavy atom. The van der Waals surface area contributed by atoms with Gasteiger partial charge in [-0.05, 0) is 32.6 Å². The van der Waals surface area contributed by atoms with Crippen LogP contribution in [0.4, 0.5) is 0 Å². The predicted octanol–water partition coefficient (Wildman–Crippen LogP) is 1.98. The highest BCUT2D eigenvalue weighted by Gasteiger charge is 2.47. The van der Waals surface area contributed by atoms with E-state index < -0.39 is 0 Å². The molecule has 2 saturated carbocycles. The SMILES string of the molecule is CC1(NC2CC(=O)N(C3CCCCCC3)C2=O)CC1. The van der Waals surface area contributed by atoms with Crippen molar-refractivity contribution in [3.8, 4) is 0 Å². The lowest BCUT2D eigenvalue weighted by molar-refractivity contribution is -0.142. The van der Waals surface area contributed by atoms with Gasteiger partial charge in [0.05, 0.1) is 12.5 Å². The Kier molecular flexibility index (Phi) is 3.37. The third-order valence-corrected chi connectivity index (χ3v) is 4.90. The van der Waals surface area contributed by atoms with Crippen LogP contribution in [0.3, 0.4) is 0 Å². The van der Waals surface area contributed by atoms with Gasteiger partial charge in [0.1, 0.15) is 0 Å². The molecular weight excluding hydrogens is 240 g/mol. The third kappa shape index (κ3) is 2.69. The van der Waals surface area contributed by atoms with Crippen molar-refractivity contribution in [3.05, 3.63) is 0 Å². The number of nitrogens with zero attached hydrogens (tertiary/aromatic N) is 1. The van der Waals surface area contributed by atoms with Crippen molar-refractivity contribution in [3.63, 3.8) is 0 Å². The minimum Gasteiger partial charge on any atom is -0.300 e. The molecule has 0 spiro atoms. The standard InChI is InChI=1S/C15H24N2O2/c1-15(8-9-15)16-12-10-13(18)17(14(12)19)11-6-4-2-3-5-7-11/h11-12,16H,2-10H2,1H3. The molecular formula is C15H24N2O2. The quantitative estimate of drug-likeness (QED) is 0.626. The van der Waals surface area contributed by atoms with Crippen molar-refractivity contribution in [2.45, 2.75) is 82.3 Å². The largest absolute Gasteiger partial charge is 0.300 e. The lowest BCUT2D eigenvalue weighted by Crippen LogP contribution is -2.46. The van der Waals surface area contributed by atoms with E-state index >= 15 is 0 Å². The first-order chi connectivity index (χ1) is 9.09. The molecule has 0 bridgehead atoms. The molecule has 106 valence electrons. The van der Waals surface area contributed by atoms with Gasteiger partial charge in [-0.2, -0.15) is 0 Å². The number of imide groups is 1. The zero-order valence-electron chi connectivity index (χ0n) is 11.8. The van der Waals surface area contributed by atoms with Gasteiger partial charge in [0.25, 0.3) is 0 Å². The summed E-state index contributed by atoms with van der Waals surface area (Å²) in [5, 5.41) is 3.38. The van der Waals surface area contributed by atoms with Crippen molar-refractivity contribution in [2.24, 2.45) is 0 Å². The lowest BCUT2D eigenvalue weighted by Gasteiger charge is -2.26. The molecule has 1 atom stereocenters. The highest BCUT2D eigenvalue weighted by molar-refractivity contribution is 6.05. The molecule has 1 aliphatic heterocycles. The summed E-state index contributed by atoms with van der Waals surface area (Å²) >= 11 is 0. The molecule has 4 heteroatoms. The van der Waals surface area contributed by atoms with Crippen LogP contribution in [-0.2, 0) is 9.59 Å². The van der Waals surface area contributed by atoms with E-state index in [-0.39, 0.29) is 29.4 Å². The van der Waals surface area contributed by atoms with Crippen LogP contribution in [0.5, 0.6) is 0 Å². The maximum atomic E-state index is 12.5. The first-order valence-corrected chi connectivity index (χ1v) is 7.73. The Hall–Kier alpha value is -0.900. The second-order valence-corrected chi connectivity index (χ2v) is 6.71. The number of nitrogens with one attached hydrogen (secondary N) is 1. The van der Waals surface area contributed by atoms with Gasteiger partial charge in [-0.15, -0.1) is 0 Å². The average Bonchev–Trinajstić information content (AvgIpc) is 3.08. The Bertz CT molecular complexity index is 382. The van der Waals surface area contributed by atoms with Crippen LogP contribution < -0.4 is 5.32 Å². The molecule has 3 fully saturated rings. The molecule has 19 heavy (non-hydrogen) atoms. The fraction of sp³-hybridized carbons (Fsp3) is 0.867. The summed E-state index contributed by atoms with van der Waals surface area (Å²) in [7, 11) is 0. The number of likely N-dealkylation sites (tertiary alicyclic amines) is 1. The van der Waals surface area contributed by atoms with E-state index in [1.165, 1.54) is 12.8 Å². The predicted molar refractivity (Wildman–Crippen MR) is 72.5 cm³/mol. The van der Waals surface area contributed by atoms with Gasteiger partial charge in [0, 0.05) is 11.6 Å². The fourth-order valence-electron chi connectivity index (χ4n) is 3.42. The van der Waals surface area contributed by atoms with E-state index in [0.717, 1.165) is 38.5 Å². The van der Waals surface area contributed by atoms with Gasteiger partial charge in [-0.3, -0.25) is 14.5 Å². The molecule has 1 heterocycles. The molecule has 2 amide bonds. The topological polar surface area (TPSA) is 49.4 Å². The van der Waals surface area contributed by atoms with Crippen molar-refractivity contribution in [1.29, 1.82) is 0 Å². The lowest BCUT2D eigenvalue weighted by atomic mass is 10.1. The summed E-state index contributed by atoms with van der Waals surface area (Å²) in [5.74, 6) is 0.0728. The highest BCUT2D eigenvalue weighted by atomic mass is 16.2. The molecule has 1 saturated heterocycles. The van der Waals surface area contributed by atoms with E-state index in [1.807, 2.05) is 0 Å². The Morgan fingerprint density at radius 2 is 1.74 bits per heavy atom. The number of hydrogen-bond acceptors (Lipinski definition) is 3. The van der Waals surface area contributed by atoms with Gasteiger partial charge in [0.2, 0.25) is 11.8 Å². The van der Waals surface area contributed by atoms with Crippen LogP contribution in [-0.4, -0.2) is 34.3 Å². The van der Waals surface area contributed by atoms with Crippen LogP contribution >= 0.6 is 0 Å². The normalized spacial score (nSPS) is 31.6. The molecule has 0 radical (unpaired) electrons. The van der Waals surface area contributed by atoms with Gasteiger partial charge in [-0.25, -0.2) is 0 Å². The molecule has 0 aromatic rings. The van der Waals surface area contributed by atoms with E-state index in [2.05, 4.69) is 12.2 Å². The number of amides is 2. The number of hydrogen-bond donors (Lipinski definition) is 1. The van der Waals surface area contributed by atoms with E-state index in [4.69, 9.17) is 0 Å². The van der Waals surface area contributed by atoms with Gasteiger partial charge >= 0.3 is 0 Å². The second kappa shape index (κ2) is 4.89. The van der Waals surface area contributed by atoms with E-state index in [9.17, 15) is 9.59 Å². The van der Waals surface area contributed by atoms with Gasteiger partial charge in [-0.1, -0.05) is 25.7 Å². The molecule has 2 aliphatic carbocycles.